The van der Waals surface area contributed by atoms with Crippen LogP contribution < -0.4 is 11.1 Å². The van der Waals surface area contributed by atoms with Crippen molar-refractivity contribution in [1.82, 2.24) is 10.2 Å². The van der Waals surface area contributed by atoms with Crippen LogP contribution in [-0.2, 0) is 11.2 Å². The lowest BCUT2D eigenvalue weighted by Crippen LogP contribution is -2.47. The Morgan fingerprint density at radius 2 is 2.17 bits per heavy atom. The monoisotopic (exact) mass is 448 g/mol. The highest BCUT2D eigenvalue weighted by atomic mass is 35.5. The number of thioether (sulfide) groups is 1. The summed E-state index contributed by atoms with van der Waals surface area (Å²) in [5, 5.41) is 4.26. The fourth-order valence-corrected chi connectivity index (χ4v) is 4.46. The molecule has 3 rings (SSSR count). The number of hydrogen-bond acceptors (Lipinski definition) is 4. The highest BCUT2D eigenvalue weighted by Gasteiger charge is 2.23. The minimum absolute atomic E-state index is 0.231. The molecule has 162 valence electrons. The number of guanidine groups is 1. The van der Waals surface area contributed by atoms with Gasteiger partial charge in [-0.15, -0.1) is 11.8 Å². The molecule has 0 saturated carbocycles. The number of hydrogen-bond donors (Lipinski definition) is 2. The van der Waals surface area contributed by atoms with Crippen molar-refractivity contribution in [3.63, 3.8) is 0 Å². The van der Waals surface area contributed by atoms with Crippen LogP contribution in [0.4, 0.5) is 0 Å². The molecule has 1 amide bonds. The molecule has 1 aliphatic rings. The molecule has 6 nitrogen and oxygen atoms in total. The largest absolute Gasteiger partial charge is 0.469 e. The summed E-state index contributed by atoms with van der Waals surface area (Å²) in [4.78, 5) is 19.6. The van der Waals surface area contributed by atoms with Gasteiger partial charge in [0.15, 0.2) is 5.96 Å². The van der Waals surface area contributed by atoms with E-state index in [1.165, 1.54) is 4.90 Å². The average molecular weight is 449 g/mol. The molecule has 30 heavy (non-hydrogen) atoms. The zero-order chi connectivity index (χ0) is 21.2. The van der Waals surface area contributed by atoms with E-state index in [9.17, 15) is 4.79 Å². The van der Waals surface area contributed by atoms with Crippen LogP contribution in [-0.4, -0.2) is 48.7 Å². The molecule has 1 aromatic carbocycles. The number of amides is 1. The van der Waals surface area contributed by atoms with Crippen molar-refractivity contribution < 1.29 is 9.21 Å². The van der Waals surface area contributed by atoms with E-state index in [0.717, 1.165) is 61.4 Å². The molecule has 0 spiro atoms. The second-order valence-electron chi connectivity index (χ2n) is 7.39. The lowest BCUT2D eigenvalue weighted by atomic mass is 9.95. The maximum Gasteiger partial charge on any atom is 0.217 e. The van der Waals surface area contributed by atoms with E-state index in [1.807, 2.05) is 36.4 Å². The fourth-order valence-electron chi connectivity index (χ4n) is 3.57. The minimum Gasteiger partial charge on any atom is -0.469 e. The van der Waals surface area contributed by atoms with Crippen LogP contribution >= 0.6 is 23.4 Å². The van der Waals surface area contributed by atoms with Crippen LogP contribution in [0.3, 0.4) is 0 Å². The van der Waals surface area contributed by atoms with Crippen molar-refractivity contribution in [1.29, 1.82) is 0 Å². The van der Waals surface area contributed by atoms with Crippen LogP contribution in [0, 0.1) is 5.92 Å². The predicted molar refractivity (Wildman–Crippen MR) is 123 cm³/mol. The molecule has 1 saturated heterocycles. The van der Waals surface area contributed by atoms with E-state index in [4.69, 9.17) is 26.7 Å². The Hall–Kier alpha value is -2.12. The van der Waals surface area contributed by atoms with Gasteiger partial charge >= 0.3 is 0 Å². The lowest BCUT2D eigenvalue weighted by Gasteiger charge is -2.34. The highest BCUT2D eigenvalue weighted by molar-refractivity contribution is 7.99. The molecule has 1 aromatic heterocycles. The molecule has 1 fully saturated rings. The van der Waals surface area contributed by atoms with Crippen molar-refractivity contribution in [2.75, 3.05) is 31.9 Å². The van der Waals surface area contributed by atoms with Crippen LogP contribution in [0.1, 0.15) is 25.0 Å². The quantitative estimate of drug-likeness (QED) is 0.264. The average Bonchev–Trinajstić information content (AvgIpc) is 3.24. The smallest absolute Gasteiger partial charge is 0.217 e. The zero-order valence-electron chi connectivity index (χ0n) is 17.1. The Bertz CT molecular complexity index is 811. The number of nitrogens with two attached hydrogens (primary N) is 1. The Kier molecular flexibility index (Phi) is 8.96. The van der Waals surface area contributed by atoms with Crippen molar-refractivity contribution in [2.45, 2.75) is 30.6 Å². The molecule has 0 aliphatic carbocycles. The molecule has 2 heterocycles. The third kappa shape index (κ3) is 7.61. The summed E-state index contributed by atoms with van der Waals surface area (Å²) in [5.41, 5.74) is 5.42. The maximum atomic E-state index is 11.4. The maximum absolute atomic E-state index is 11.4. The minimum atomic E-state index is -0.231. The van der Waals surface area contributed by atoms with Crippen molar-refractivity contribution in [3.05, 3.63) is 53.4 Å². The first-order chi connectivity index (χ1) is 14.6. The summed E-state index contributed by atoms with van der Waals surface area (Å²) in [7, 11) is 0. The Labute approximate surface area is 187 Å². The molecular formula is C22H29ClN4O2S. The molecule has 1 aliphatic heterocycles. The predicted octanol–water partition coefficient (Wildman–Crippen LogP) is 3.80. The van der Waals surface area contributed by atoms with E-state index in [-0.39, 0.29) is 11.8 Å². The first kappa shape index (κ1) is 22.6. The van der Waals surface area contributed by atoms with Gasteiger partial charge in [0.2, 0.25) is 5.91 Å². The molecule has 1 unspecified atom stereocenters. The van der Waals surface area contributed by atoms with Crippen LogP contribution in [0.15, 0.2) is 57.0 Å². The van der Waals surface area contributed by atoms with Gasteiger partial charge in [-0.3, -0.25) is 9.79 Å². The van der Waals surface area contributed by atoms with E-state index >= 15 is 0 Å². The summed E-state index contributed by atoms with van der Waals surface area (Å²) in [6.07, 6.45) is 4.95. The molecule has 0 bridgehead atoms. The summed E-state index contributed by atoms with van der Waals surface area (Å²) in [6.45, 7) is 3.19. The molecular weight excluding hydrogens is 420 g/mol. The second-order valence-corrected chi connectivity index (χ2v) is 8.99. The molecule has 3 N–H and O–H groups in total. The van der Waals surface area contributed by atoms with Gasteiger partial charge in [-0.1, -0.05) is 11.6 Å². The molecule has 0 radical (unpaired) electrons. The number of halogens is 1. The van der Waals surface area contributed by atoms with Crippen molar-refractivity contribution >= 4 is 35.2 Å². The van der Waals surface area contributed by atoms with E-state index in [0.29, 0.717) is 13.0 Å². The van der Waals surface area contributed by atoms with Crippen LogP contribution in [0.2, 0.25) is 5.02 Å². The number of carbonyl (C=O) groups excluding carboxylic acids is 1. The summed E-state index contributed by atoms with van der Waals surface area (Å²) in [6, 6.07) is 11.7. The number of benzene rings is 1. The van der Waals surface area contributed by atoms with Gasteiger partial charge in [0, 0.05) is 54.7 Å². The second kappa shape index (κ2) is 11.9. The molecule has 8 heteroatoms. The number of likely N-dealkylation sites (tertiary alicyclic amines) is 1. The highest BCUT2D eigenvalue weighted by Crippen LogP contribution is 2.21. The van der Waals surface area contributed by atoms with Gasteiger partial charge in [0.05, 0.1) is 6.26 Å². The van der Waals surface area contributed by atoms with Crippen molar-refractivity contribution in [3.8, 4) is 0 Å². The summed E-state index contributed by atoms with van der Waals surface area (Å²) >= 11 is 7.73. The number of nitrogens with zero attached hydrogens (tertiary/aromatic N) is 2. The van der Waals surface area contributed by atoms with Gasteiger partial charge in [-0.25, -0.2) is 0 Å². The number of rotatable bonds is 9. The molecule has 1 atom stereocenters. The van der Waals surface area contributed by atoms with Crippen molar-refractivity contribution in [2.24, 2.45) is 16.6 Å². The van der Waals surface area contributed by atoms with Crippen LogP contribution in [0.25, 0.3) is 0 Å². The molecule has 2 aromatic rings. The normalized spacial score (nSPS) is 17.2. The number of piperidine rings is 1. The number of furan rings is 1. The van der Waals surface area contributed by atoms with Crippen LogP contribution in [0.5, 0.6) is 0 Å². The lowest BCUT2D eigenvalue weighted by molar-refractivity contribution is -0.119. The number of nitrogens with one attached hydrogen (secondary N) is 1. The Morgan fingerprint density at radius 3 is 2.90 bits per heavy atom. The fraction of sp³-hybridized carbons (Fsp3) is 0.455. The third-order valence-electron chi connectivity index (χ3n) is 4.98. The van der Waals surface area contributed by atoms with Gasteiger partial charge in [-0.2, -0.15) is 0 Å². The van der Waals surface area contributed by atoms with Gasteiger partial charge in [0.1, 0.15) is 5.76 Å². The number of carbonyl (C=O) groups is 1. The van der Waals surface area contributed by atoms with Gasteiger partial charge in [0.25, 0.3) is 0 Å². The number of primary amides is 1. The topological polar surface area (TPSA) is 83.9 Å². The van der Waals surface area contributed by atoms with E-state index in [1.54, 1.807) is 18.0 Å². The SMILES string of the molecule is NC(=O)CC1CCCN(C(=NCCc2ccco2)NCCSc2ccc(Cl)cc2)C1. The van der Waals surface area contributed by atoms with E-state index < -0.39 is 0 Å². The summed E-state index contributed by atoms with van der Waals surface area (Å²) in [5.74, 6) is 2.80. The third-order valence-corrected chi connectivity index (χ3v) is 6.24. The standard InChI is InChI=1S/C22H29ClN4O2S/c23-18-5-7-20(8-6-18)30-14-11-26-22(25-10-9-19-4-2-13-29-19)27-12-1-3-17(16-27)15-21(24)28/h2,4-8,13,17H,1,3,9-12,14-16H2,(H2,24,28)(H,25,26). The zero-order valence-corrected chi connectivity index (χ0v) is 18.6. The first-order valence-corrected chi connectivity index (χ1v) is 11.7. The van der Waals surface area contributed by atoms with Gasteiger partial charge < -0.3 is 20.4 Å². The Balaban J connectivity index is 1.55. The Morgan fingerprint density at radius 1 is 1.33 bits per heavy atom. The first-order valence-electron chi connectivity index (χ1n) is 10.3. The van der Waals surface area contributed by atoms with Gasteiger partial charge in [-0.05, 0) is 55.2 Å². The van der Waals surface area contributed by atoms with E-state index in [2.05, 4.69) is 10.2 Å². The number of aliphatic imine (C=N–C) groups is 1. The summed E-state index contributed by atoms with van der Waals surface area (Å²) < 4.78 is 5.41.